The summed E-state index contributed by atoms with van der Waals surface area (Å²) in [7, 11) is -3.10. The van der Waals surface area contributed by atoms with E-state index >= 15 is 0 Å². The molecule has 5 nitrogen and oxygen atoms in total. The molecule has 2 aromatic rings. The maximum Gasteiger partial charge on any atom is 0.211 e. The van der Waals surface area contributed by atoms with Gasteiger partial charge in [-0.25, -0.2) is 8.42 Å². The fourth-order valence-corrected chi connectivity index (χ4v) is 3.16. The monoisotopic (exact) mass is 277 g/mol. The third kappa shape index (κ3) is 2.29. The predicted molar refractivity (Wildman–Crippen MR) is 75.1 cm³/mol. The van der Waals surface area contributed by atoms with E-state index in [1.807, 2.05) is 24.4 Å². The highest BCUT2D eigenvalue weighted by Gasteiger charge is 2.21. The van der Waals surface area contributed by atoms with E-state index in [-0.39, 0.29) is 0 Å². The van der Waals surface area contributed by atoms with E-state index in [4.69, 9.17) is 0 Å². The van der Waals surface area contributed by atoms with Crippen molar-refractivity contribution < 1.29 is 8.42 Å². The van der Waals surface area contributed by atoms with E-state index in [2.05, 4.69) is 9.97 Å². The molecule has 0 saturated heterocycles. The summed E-state index contributed by atoms with van der Waals surface area (Å²) in [5, 5.41) is 0. The summed E-state index contributed by atoms with van der Waals surface area (Å²) < 4.78 is 24.4. The Labute approximate surface area is 112 Å². The second-order valence-corrected chi connectivity index (χ2v) is 6.68. The van der Waals surface area contributed by atoms with Crippen molar-refractivity contribution in [1.29, 1.82) is 0 Å². The molecule has 3 heterocycles. The molecule has 0 spiro atoms. The molecule has 100 valence electrons. The zero-order chi connectivity index (χ0) is 13.5. The number of fused-ring (bicyclic) bond motifs is 1. The van der Waals surface area contributed by atoms with Gasteiger partial charge in [-0.2, -0.15) is 4.31 Å². The van der Waals surface area contributed by atoms with Crippen LogP contribution in [0.15, 0.2) is 30.6 Å². The van der Waals surface area contributed by atoms with Gasteiger partial charge in [0.2, 0.25) is 10.0 Å². The summed E-state index contributed by atoms with van der Waals surface area (Å²) in [5.74, 6) is 0. The lowest BCUT2D eigenvalue weighted by molar-refractivity contribution is 0.446. The zero-order valence-electron chi connectivity index (χ0n) is 10.6. The van der Waals surface area contributed by atoms with Crippen molar-refractivity contribution in [3.05, 3.63) is 36.2 Å². The fourth-order valence-electron chi connectivity index (χ4n) is 2.40. The number of rotatable bonds is 2. The maximum absolute atomic E-state index is 11.5. The van der Waals surface area contributed by atoms with Crippen molar-refractivity contribution in [3.63, 3.8) is 0 Å². The predicted octanol–water partition coefficient (Wildman–Crippen LogP) is 1.61. The number of nitrogens with zero attached hydrogens (tertiary/aromatic N) is 2. The molecular weight excluding hydrogens is 262 g/mol. The topological polar surface area (TPSA) is 66.1 Å². The van der Waals surface area contributed by atoms with Crippen LogP contribution in [-0.4, -0.2) is 42.0 Å². The summed E-state index contributed by atoms with van der Waals surface area (Å²) in [6, 6.07) is 3.88. The number of aromatic amines is 1. The highest BCUT2D eigenvalue weighted by atomic mass is 32.2. The Morgan fingerprint density at radius 1 is 1.42 bits per heavy atom. The van der Waals surface area contributed by atoms with Gasteiger partial charge in [-0.1, -0.05) is 6.08 Å². The molecule has 0 atom stereocenters. The van der Waals surface area contributed by atoms with Crippen molar-refractivity contribution in [2.75, 3.05) is 19.3 Å². The van der Waals surface area contributed by atoms with Gasteiger partial charge in [0.05, 0.1) is 17.3 Å². The van der Waals surface area contributed by atoms with Crippen LogP contribution in [0.2, 0.25) is 0 Å². The third-order valence-corrected chi connectivity index (χ3v) is 4.69. The normalized spacial score (nSPS) is 17.6. The van der Waals surface area contributed by atoms with Crippen LogP contribution in [0.5, 0.6) is 0 Å². The molecule has 0 unspecified atom stereocenters. The van der Waals surface area contributed by atoms with Gasteiger partial charge < -0.3 is 4.98 Å². The van der Waals surface area contributed by atoms with Crippen LogP contribution in [0.1, 0.15) is 12.0 Å². The fraction of sp³-hybridized carbons (Fsp3) is 0.308. The first-order valence-corrected chi connectivity index (χ1v) is 7.97. The second-order valence-electron chi connectivity index (χ2n) is 4.70. The number of H-pyrrole nitrogens is 1. The van der Waals surface area contributed by atoms with Crippen molar-refractivity contribution >= 4 is 26.6 Å². The van der Waals surface area contributed by atoms with E-state index < -0.39 is 10.0 Å². The molecule has 0 aliphatic carbocycles. The van der Waals surface area contributed by atoms with Gasteiger partial charge in [-0.3, -0.25) is 4.98 Å². The first-order chi connectivity index (χ1) is 9.05. The molecular formula is C13H15N3O2S. The molecule has 0 bridgehead atoms. The van der Waals surface area contributed by atoms with Crippen molar-refractivity contribution in [3.8, 4) is 0 Å². The van der Waals surface area contributed by atoms with Gasteiger partial charge >= 0.3 is 0 Å². The van der Waals surface area contributed by atoms with Crippen LogP contribution in [0.4, 0.5) is 0 Å². The Kier molecular flexibility index (Phi) is 2.91. The number of hydrogen-bond acceptors (Lipinski definition) is 3. The lowest BCUT2D eigenvalue weighted by Crippen LogP contribution is -2.33. The Bertz CT molecular complexity index is 746. The highest BCUT2D eigenvalue weighted by Crippen LogP contribution is 2.28. The molecule has 2 aromatic heterocycles. The van der Waals surface area contributed by atoms with Crippen LogP contribution in [-0.2, 0) is 10.0 Å². The number of sulfonamides is 1. The lowest BCUT2D eigenvalue weighted by atomic mass is 10.0. The first kappa shape index (κ1) is 12.4. The van der Waals surface area contributed by atoms with Gasteiger partial charge in [0.25, 0.3) is 0 Å². The van der Waals surface area contributed by atoms with Crippen LogP contribution in [0.3, 0.4) is 0 Å². The molecule has 0 amide bonds. The molecule has 0 aromatic carbocycles. The van der Waals surface area contributed by atoms with E-state index in [0.717, 1.165) is 28.6 Å². The second kappa shape index (κ2) is 4.47. The van der Waals surface area contributed by atoms with Crippen LogP contribution < -0.4 is 0 Å². The van der Waals surface area contributed by atoms with Crippen molar-refractivity contribution in [1.82, 2.24) is 14.3 Å². The van der Waals surface area contributed by atoms with Gasteiger partial charge in [0.1, 0.15) is 0 Å². The Morgan fingerprint density at radius 2 is 2.26 bits per heavy atom. The van der Waals surface area contributed by atoms with E-state index in [1.165, 1.54) is 10.6 Å². The molecule has 0 radical (unpaired) electrons. The highest BCUT2D eigenvalue weighted by molar-refractivity contribution is 7.88. The van der Waals surface area contributed by atoms with Crippen LogP contribution >= 0.6 is 0 Å². The van der Waals surface area contributed by atoms with Gasteiger partial charge in [-0.05, 0) is 24.1 Å². The minimum absolute atomic E-state index is 0.438. The summed E-state index contributed by atoms with van der Waals surface area (Å²) in [6.07, 6.45) is 7.66. The molecule has 0 fully saturated rings. The number of aromatic nitrogens is 2. The van der Waals surface area contributed by atoms with E-state index in [9.17, 15) is 8.42 Å². The molecule has 1 aliphatic rings. The summed E-state index contributed by atoms with van der Waals surface area (Å²) in [4.78, 5) is 7.57. The SMILES string of the molecule is CS(=O)(=O)N1CC=C(c2c[nH]c3cccnc23)CC1. The summed E-state index contributed by atoms with van der Waals surface area (Å²) >= 11 is 0. The first-order valence-electron chi connectivity index (χ1n) is 6.12. The number of nitrogens with one attached hydrogen (secondary N) is 1. The van der Waals surface area contributed by atoms with Crippen LogP contribution in [0, 0.1) is 0 Å². The standard InChI is InChI=1S/C13H15N3O2S/c1-19(17,18)16-7-4-10(5-8-16)11-9-15-12-3-2-6-14-13(11)12/h2-4,6,9,15H,5,7-8H2,1H3. The molecule has 1 N–H and O–H groups in total. The minimum Gasteiger partial charge on any atom is -0.359 e. The summed E-state index contributed by atoms with van der Waals surface area (Å²) in [6.45, 7) is 0.970. The van der Waals surface area contributed by atoms with Gasteiger partial charge in [0, 0.05) is 31.0 Å². The van der Waals surface area contributed by atoms with E-state index in [0.29, 0.717) is 13.1 Å². The Hall–Kier alpha value is -1.66. The van der Waals surface area contributed by atoms with Gasteiger partial charge in [0.15, 0.2) is 0 Å². The largest absolute Gasteiger partial charge is 0.359 e. The zero-order valence-corrected chi connectivity index (χ0v) is 11.4. The minimum atomic E-state index is -3.10. The average Bonchev–Trinajstić information content (AvgIpc) is 2.82. The average molecular weight is 277 g/mol. The number of hydrogen-bond donors (Lipinski definition) is 1. The van der Waals surface area contributed by atoms with Crippen molar-refractivity contribution in [2.24, 2.45) is 0 Å². The molecule has 1 aliphatic heterocycles. The van der Waals surface area contributed by atoms with E-state index in [1.54, 1.807) is 6.20 Å². The quantitative estimate of drug-likeness (QED) is 0.907. The smallest absolute Gasteiger partial charge is 0.211 e. The maximum atomic E-state index is 11.5. The van der Waals surface area contributed by atoms with Crippen LogP contribution in [0.25, 0.3) is 16.6 Å². The molecule has 3 rings (SSSR count). The molecule has 0 saturated carbocycles. The molecule has 19 heavy (non-hydrogen) atoms. The number of pyridine rings is 1. The summed E-state index contributed by atoms with van der Waals surface area (Å²) in [5.41, 5.74) is 4.18. The Morgan fingerprint density at radius 3 is 2.95 bits per heavy atom. The third-order valence-electron chi connectivity index (χ3n) is 3.42. The Balaban J connectivity index is 1.94. The molecule has 6 heteroatoms. The lowest BCUT2D eigenvalue weighted by Gasteiger charge is -2.23. The van der Waals surface area contributed by atoms with Gasteiger partial charge in [-0.15, -0.1) is 0 Å². The van der Waals surface area contributed by atoms with Crippen molar-refractivity contribution in [2.45, 2.75) is 6.42 Å².